The first-order chi connectivity index (χ1) is 14.6. The van der Waals surface area contributed by atoms with Gasteiger partial charge >= 0.3 is 5.69 Å². The molecule has 160 valence electrons. The van der Waals surface area contributed by atoms with Crippen LogP contribution in [0.15, 0.2) is 71.6 Å². The van der Waals surface area contributed by atoms with Gasteiger partial charge in [-0.05, 0) is 54.6 Å². The number of nitrogens with zero attached hydrogens (tertiary/aromatic N) is 3. The zero-order valence-electron chi connectivity index (χ0n) is 15.8. The smallest absolute Gasteiger partial charge is 0.318 e. The molecule has 12 heteroatoms. The second-order valence-corrected chi connectivity index (χ2v) is 8.59. The van der Waals surface area contributed by atoms with Crippen LogP contribution in [0.5, 0.6) is 11.5 Å². The van der Waals surface area contributed by atoms with Crippen molar-refractivity contribution in [3.8, 4) is 11.5 Å². The molecule has 0 spiro atoms. The number of ether oxygens (including phenoxy) is 1. The van der Waals surface area contributed by atoms with Crippen LogP contribution >= 0.6 is 11.6 Å². The van der Waals surface area contributed by atoms with E-state index in [2.05, 4.69) is 0 Å². The lowest BCUT2D eigenvalue weighted by atomic mass is 10.2. The number of sulfonamides is 1. The maximum atomic E-state index is 12.7. The highest BCUT2D eigenvalue weighted by Crippen LogP contribution is 2.35. The Labute approximate surface area is 181 Å². The summed E-state index contributed by atoms with van der Waals surface area (Å²) in [7, 11) is -2.45. The molecule has 3 rings (SSSR count). The first kappa shape index (κ1) is 22.0. The highest BCUT2D eigenvalue weighted by Gasteiger charge is 2.23. The molecule has 0 radical (unpaired) electrons. The molecule has 0 fully saturated rings. The van der Waals surface area contributed by atoms with Gasteiger partial charge in [0.05, 0.1) is 26.5 Å². The maximum Gasteiger partial charge on any atom is 0.318 e. The summed E-state index contributed by atoms with van der Waals surface area (Å²) in [6.07, 6.45) is 0. The molecule has 0 saturated heterocycles. The van der Waals surface area contributed by atoms with Crippen molar-refractivity contribution in [2.75, 3.05) is 11.4 Å². The number of nitro benzene ring substituents is 2. The van der Waals surface area contributed by atoms with Gasteiger partial charge in [0, 0.05) is 18.1 Å². The molecule has 0 amide bonds. The number of hydrogen-bond donors (Lipinski definition) is 0. The third kappa shape index (κ3) is 4.73. The molecule has 0 aromatic heterocycles. The van der Waals surface area contributed by atoms with Crippen LogP contribution in [0.2, 0.25) is 5.02 Å². The number of benzene rings is 3. The van der Waals surface area contributed by atoms with Crippen LogP contribution in [0.4, 0.5) is 17.1 Å². The molecule has 0 N–H and O–H groups in total. The van der Waals surface area contributed by atoms with E-state index in [1.165, 1.54) is 55.6 Å². The number of anilines is 1. The minimum Gasteiger partial charge on any atom is -0.450 e. The summed E-state index contributed by atoms with van der Waals surface area (Å²) in [5, 5.41) is 22.5. The van der Waals surface area contributed by atoms with Crippen LogP contribution in [0.25, 0.3) is 0 Å². The van der Waals surface area contributed by atoms with E-state index < -0.39 is 31.2 Å². The monoisotopic (exact) mass is 463 g/mol. The predicted octanol–water partition coefficient (Wildman–Crippen LogP) is 4.77. The second-order valence-electron chi connectivity index (χ2n) is 6.19. The SMILES string of the molecule is CN(c1ccc(Oc2ccc([N+](=O)[O-])cc2[N+](=O)[O-])cc1)S(=O)(=O)c1ccc(Cl)cc1. The summed E-state index contributed by atoms with van der Waals surface area (Å²) >= 11 is 5.80. The van der Waals surface area contributed by atoms with Crippen LogP contribution in [0.3, 0.4) is 0 Å². The maximum absolute atomic E-state index is 12.7. The van der Waals surface area contributed by atoms with Gasteiger partial charge in [-0.1, -0.05) is 11.6 Å². The Morgan fingerprint density at radius 2 is 1.52 bits per heavy atom. The predicted molar refractivity (Wildman–Crippen MR) is 113 cm³/mol. The van der Waals surface area contributed by atoms with Crippen molar-refractivity contribution in [3.63, 3.8) is 0 Å². The fourth-order valence-corrected chi connectivity index (χ4v) is 3.92. The van der Waals surface area contributed by atoms with Crippen molar-refractivity contribution in [2.24, 2.45) is 0 Å². The Hall–Kier alpha value is -3.70. The van der Waals surface area contributed by atoms with Gasteiger partial charge in [0.1, 0.15) is 5.75 Å². The van der Waals surface area contributed by atoms with Crippen LogP contribution in [0.1, 0.15) is 0 Å². The van der Waals surface area contributed by atoms with Crippen molar-refractivity contribution >= 4 is 38.7 Å². The summed E-state index contributed by atoms with van der Waals surface area (Å²) in [5.41, 5.74) is -0.690. The van der Waals surface area contributed by atoms with Gasteiger partial charge in [-0.15, -0.1) is 0 Å². The van der Waals surface area contributed by atoms with Gasteiger partial charge in [0.15, 0.2) is 0 Å². The van der Waals surface area contributed by atoms with Gasteiger partial charge < -0.3 is 4.74 Å². The molecule has 3 aromatic carbocycles. The lowest BCUT2D eigenvalue weighted by Crippen LogP contribution is -2.26. The zero-order valence-corrected chi connectivity index (χ0v) is 17.4. The van der Waals surface area contributed by atoms with E-state index in [1.807, 2.05) is 0 Å². The lowest BCUT2D eigenvalue weighted by Gasteiger charge is -2.20. The van der Waals surface area contributed by atoms with E-state index in [1.54, 1.807) is 0 Å². The summed E-state index contributed by atoms with van der Waals surface area (Å²) < 4.78 is 32.0. The van der Waals surface area contributed by atoms with Gasteiger partial charge in [0.25, 0.3) is 15.7 Å². The first-order valence-corrected chi connectivity index (χ1v) is 10.4. The molecule has 0 aliphatic carbocycles. The number of nitro groups is 2. The minimum atomic E-state index is -3.83. The molecular weight excluding hydrogens is 450 g/mol. The number of rotatable bonds is 7. The molecule has 0 saturated carbocycles. The Morgan fingerprint density at radius 1 is 0.903 bits per heavy atom. The third-order valence-electron chi connectivity index (χ3n) is 4.25. The highest BCUT2D eigenvalue weighted by molar-refractivity contribution is 7.92. The molecule has 31 heavy (non-hydrogen) atoms. The van der Waals surface area contributed by atoms with E-state index in [-0.39, 0.29) is 16.4 Å². The average Bonchev–Trinajstić information content (AvgIpc) is 2.74. The van der Waals surface area contributed by atoms with Crippen molar-refractivity contribution in [1.82, 2.24) is 0 Å². The van der Waals surface area contributed by atoms with Crippen LogP contribution in [-0.4, -0.2) is 25.3 Å². The van der Waals surface area contributed by atoms with Crippen molar-refractivity contribution in [1.29, 1.82) is 0 Å². The number of hydrogen-bond acceptors (Lipinski definition) is 7. The normalized spacial score (nSPS) is 11.0. The Morgan fingerprint density at radius 3 is 2.06 bits per heavy atom. The molecule has 10 nitrogen and oxygen atoms in total. The summed E-state index contributed by atoms with van der Waals surface area (Å²) in [4.78, 5) is 20.6. The zero-order chi connectivity index (χ0) is 22.8. The van der Waals surface area contributed by atoms with Crippen molar-refractivity contribution in [3.05, 3.63) is 92.0 Å². The molecule has 0 unspecified atom stereocenters. The molecule has 0 aliphatic heterocycles. The average molecular weight is 464 g/mol. The van der Waals surface area contributed by atoms with E-state index in [0.717, 1.165) is 22.5 Å². The highest BCUT2D eigenvalue weighted by atomic mass is 35.5. The summed E-state index contributed by atoms with van der Waals surface area (Å²) in [6.45, 7) is 0. The minimum absolute atomic E-state index is 0.0567. The number of halogens is 1. The first-order valence-electron chi connectivity index (χ1n) is 8.55. The Bertz CT molecular complexity index is 1250. The van der Waals surface area contributed by atoms with Gasteiger partial charge in [-0.25, -0.2) is 8.42 Å². The van der Waals surface area contributed by atoms with Gasteiger partial charge in [0.2, 0.25) is 5.75 Å². The molecule has 3 aromatic rings. The van der Waals surface area contributed by atoms with E-state index in [9.17, 15) is 28.6 Å². The molecule has 0 atom stereocenters. The standard InChI is InChI=1S/C19H14ClN3O7S/c1-21(31(28,29)17-9-2-13(20)3-10-17)14-4-7-16(8-5-14)30-19-11-6-15(22(24)25)12-18(19)23(26)27/h2-12H,1H3. The van der Waals surface area contributed by atoms with Crippen LogP contribution in [0, 0.1) is 20.2 Å². The van der Waals surface area contributed by atoms with E-state index in [4.69, 9.17) is 16.3 Å². The largest absolute Gasteiger partial charge is 0.450 e. The quantitative estimate of drug-likeness (QED) is 0.363. The number of non-ortho nitro benzene ring substituents is 1. The third-order valence-corrected chi connectivity index (χ3v) is 6.30. The van der Waals surface area contributed by atoms with Crippen LogP contribution in [-0.2, 0) is 10.0 Å². The summed E-state index contributed by atoms with van der Waals surface area (Å²) in [5.74, 6) is -0.0107. The molecule has 0 aliphatic rings. The Balaban J connectivity index is 1.84. The topological polar surface area (TPSA) is 133 Å². The molecule has 0 bridgehead atoms. The van der Waals surface area contributed by atoms with Crippen molar-refractivity contribution < 1.29 is 23.0 Å². The lowest BCUT2D eigenvalue weighted by molar-refractivity contribution is -0.394. The fraction of sp³-hybridized carbons (Fsp3) is 0.0526. The fourth-order valence-electron chi connectivity index (χ4n) is 2.60. The van der Waals surface area contributed by atoms with Gasteiger partial charge in [-0.3, -0.25) is 24.5 Å². The molecular formula is C19H14ClN3O7S. The summed E-state index contributed by atoms with van der Waals surface area (Å²) in [6, 6.07) is 14.5. The van der Waals surface area contributed by atoms with Crippen LogP contribution < -0.4 is 9.04 Å². The molecule has 0 heterocycles. The van der Waals surface area contributed by atoms with Crippen molar-refractivity contribution in [2.45, 2.75) is 4.90 Å². The van der Waals surface area contributed by atoms with E-state index in [0.29, 0.717) is 10.7 Å². The Kier molecular flexibility index (Phi) is 6.09. The van der Waals surface area contributed by atoms with E-state index >= 15 is 0 Å². The second kappa shape index (κ2) is 8.58. The van der Waals surface area contributed by atoms with Gasteiger partial charge in [-0.2, -0.15) is 0 Å².